The monoisotopic (exact) mass is 463 g/mol. The molecule has 35 heavy (non-hydrogen) atoms. The van der Waals surface area contributed by atoms with Crippen molar-refractivity contribution in [2.24, 2.45) is 0 Å². The number of nitrogens with one attached hydrogen (secondary N) is 1. The number of aromatic nitrogens is 6. The van der Waals surface area contributed by atoms with Gasteiger partial charge in [-0.3, -0.25) is 20.0 Å². The molecule has 0 radical (unpaired) electrons. The van der Waals surface area contributed by atoms with Crippen LogP contribution in [0.15, 0.2) is 90.1 Å². The number of carbonyl (C=O) groups is 1. The zero-order chi connectivity index (χ0) is 23.8. The average molecular weight is 463 g/mol. The topological polar surface area (TPSA) is 116 Å². The zero-order valence-corrected chi connectivity index (χ0v) is 18.2. The minimum absolute atomic E-state index is 0.0715. The maximum absolute atomic E-state index is 13.0. The molecule has 2 aromatic carbocycles. The lowest BCUT2D eigenvalue weighted by molar-refractivity contribution is -0.119. The van der Waals surface area contributed by atoms with Crippen LogP contribution in [0.1, 0.15) is 0 Å². The van der Waals surface area contributed by atoms with E-state index in [1.807, 2.05) is 54.6 Å². The van der Waals surface area contributed by atoms with E-state index < -0.39 is 11.5 Å². The summed E-state index contributed by atoms with van der Waals surface area (Å²) in [6.07, 6.45) is 4.79. The van der Waals surface area contributed by atoms with Crippen LogP contribution >= 0.6 is 0 Å². The molecular weight excluding hydrogens is 446 g/mol. The third-order valence-electron chi connectivity index (χ3n) is 5.55. The lowest BCUT2D eigenvalue weighted by atomic mass is 10.1. The first-order valence-electron chi connectivity index (χ1n) is 10.8. The van der Waals surface area contributed by atoms with Crippen molar-refractivity contribution in [3.8, 4) is 16.9 Å². The molecule has 0 unspecified atom stereocenters. The number of pyridine rings is 2. The normalized spacial score (nSPS) is 11.2. The summed E-state index contributed by atoms with van der Waals surface area (Å²) in [5, 5.41) is 13.6. The number of hydrogen-bond acceptors (Lipinski definition) is 7. The van der Waals surface area contributed by atoms with E-state index in [9.17, 15) is 9.59 Å². The maximum atomic E-state index is 13.0. The number of amides is 1. The molecule has 0 saturated heterocycles. The molecule has 6 rings (SSSR count). The second-order valence-corrected chi connectivity index (χ2v) is 7.74. The van der Waals surface area contributed by atoms with Gasteiger partial charge in [0.2, 0.25) is 0 Å². The Bertz CT molecular complexity index is 1770. The Labute approximate surface area is 197 Å². The van der Waals surface area contributed by atoms with Gasteiger partial charge in [0.25, 0.3) is 11.5 Å². The first kappa shape index (κ1) is 20.5. The van der Waals surface area contributed by atoms with Crippen molar-refractivity contribution in [1.29, 1.82) is 0 Å². The number of fused-ring (bicyclic) bond motifs is 4. The van der Waals surface area contributed by atoms with Gasteiger partial charge in [-0.2, -0.15) is 5.10 Å². The lowest BCUT2D eigenvalue weighted by Crippen LogP contribution is -2.35. The van der Waals surface area contributed by atoms with Crippen molar-refractivity contribution in [3.05, 3.63) is 95.7 Å². The molecule has 170 valence electrons. The Balaban J connectivity index is 1.26. The highest BCUT2D eigenvalue weighted by Gasteiger charge is 2.15. The van der Waals surface area contributed by atoms with E-state index in [4.69, 9.17) is 4.74 Å². The number of rotatable bonds is 5. The molecule has 4 aromatic heterocycles. The van der Waals surface area contributed by atoms with Crippen LogP contribution in [0.5, 0.6) is 5.75 Å². The quantitative estimate of drug-likeness (QED) is 0.418. The second-order valence-electron chi connectivity index (χ2n) is 7.74. The van der Waals surface area contributed by atoms with Crippen LogP contribution in [0, 0.1) is 0 Å². The SMILES string of the molecule is O=C(COc1cccc2cccnc12)Nn1ccc2c(nnc3c(-c4ccccc4)cnn32)c1=O. The van der Waals surface area contributed by atoms with Crippen LogP contribution in [0.4, 0.5) is 0 Å². The Morgan fingerprint density at radius 1 is 0.943 bits per heavy atom. The van der Waals surface area contributed by atoms with E-state index in [0.29, 0.717) is 22.4 Å². The smallest absolute Gasteiger partial charge is 0.299 e. The molecule has 0 aliphatic rings. The van der Waals surface area contributed by atoms with Crippen molar-refractivity contribution < 1.29 is 9.53 Å². The summed E-state index contributed by atoms with van der Waals surface area (Å²) in [6.45, 7) is -0.301. The van der Waals surface area contributed by atoms with Crippen LogP contribution in [0.25, 0.3) is 38.7 Å². The molecule has 1 amide bonds. The van der Waals surface area contributed by atoms with Crippen LogP contribution in [-0.2, 0) is 4.79 Å². The van der Waals surface area contributed by atoms with Gasteiger partial charge in [0.15, 0.2) is 17.8 Å². The fourth-order valence-electron chi connectivity index (χ4n) is 3.90. The highest BCUT2D eigenvalue weighted by Crippen LogP contribution is 2.24. The number of benzene rings is 2. The van der Waals surface area contributed by atoms with Gasteiger partial charge >= 0.3 is 0 Å². The molecule has 10 heteroatoms. The lowest BCUT2D eigenvalue weighted by Gasteiger charge is -2.11. The van der Waals surface area contributed by atoms with Crippen molar-refractivity contribution >= 4 is 33.5 Å². The van der Waals surface area contributed by atoms with Gasteiger partial charge in [-0.1, -0.05) is 48.5 Å². The van der Waals surface area contributed by atoms with Crippen molar-refractivity contribution in [2.45, 2.75) is 0 Å². The Morgan fingerprint density at radius 2 is 1.80 bits per heavy atom. The number of hydrogen-bond donors (Lipinski definition) is 1. The summed E-state index contributed by atoms with van der Waals surface area (Å²) < 4.78 is 8.27. The molecule has 10 nitrogen and oxygen atoms in total. The maximum Gasteiger partial charge on any atom is 0.299 e. The first-order chi connectivity index (χ1) is 17.2. The molecule has 0 saturated carbocycles. The van der Waals surface area contributed by atoms with Crippen LogP contribution < -0.4 is 15.7 Å². The number of para-hydroxylation sites is 1. The highest BCUT2D eigenvalue weighted by atomic mass is 16.5. The molecule has 0 aliphatic carbocycles. The van der Waals surface area contributed by atoms with Gasteiger partial charge in [0.05, 0.1) is 6.20 Å². The van der Waals surface area contributed by atoms with Gasteiger partial charge in [-0.15, -0.1) is 10.2 Å². The molecule has 1 N–H and O–H groups in total. The molecule has 0 fully saturated rings. The minimum Gasteiger partial charge on any atom is -0.481 e. The average Bonchev–Trinajstić information content (AvgIpc) is 3.34. The second kappa shape index (κ2) is 8.34. The summed E-state index contributed by atoms with van der Waals surface area (Å²) in [5.41, 5.74) is 5.47. The van der Waals surface area contributed by atoms with E-state index >= 15 is 0 Å². The summed E-state index contributed by atoms with van der Waals surface area (Å²) in [4.78, 5) is 29.8. The Kier molecular flexibility index (Phi) is 4.88. The van der Waals surface area contributed by atoms with Crippen LogP contribution in [0.2, 0.25) is 0 Å². The van der Waals surface area contributed by atoms with Gasteiger partial charge in [-0.05, 0) is 23.8 Å². The molecule has 0 spiro atoms. The predicted octanol–water partition coefficient (Wildman–Crippen LogP) is 2.80. The number of nitrogens with zero attached hydrogens (tertiary/aromatic N) is 6. The Morgan fingerprint density at radius 3 is 2.69 bits per heavy atom. The molecule has 0 bridgehead atoms. The van der Waals surface area contributed by atoms with E-state index in [2.05, 4.69) is 25.7 Å². The van der Waals surface area contributed by atoms with E-state index in [1.165, 1.54) is 6.20 Å². The van der Waals surface area contributed by atoms with Crippen LogP contribution in [0.3, 0.4) is 0 Å². The highest BCUT2D eigenvalue weighted by molar-refractivity contribution is 5.88. The van der Waals surface area contributed by atoms with Crippen molar-refractivity contribution in [1.82, 2.24) is 29.5 Å². The molecule has 4 heterocycles. The largest absolute Gasteiger partial charge is 0.481 e. The first-order valence-corrected chi connectivity index (χ1v) is 10.8. The molecular formula is C25H17N7O3. The van der Waals surface area contributed by atoms with Gasteiger partial charge in [0, 0.05) is 23.3 Å². The minimum atomic E-state index is -0.533. The molecule has 0 aliphatic heterocycles. The van der Waals surface area contributed by atoms with E-state index in [1.54, 1.807) is 29.0 Å². The predicted molar refractivity (Wildman–Crippen MR) is 130 cm³/mol. The fourth-order valence-corrected chi connectivity index (χ4v) is 3.90. The fraction of sp³-hybridized carbons (Fsp3) is 0.0400. The van der Waals surface area contributed by atoms with Gasteiger partial charge < -0.3 is 4.74 Å². The number of carbonyl (C=O) groups excluding carboxylic acids is 1. The summed E-state index contributed by atoms with van der Waals surface area (Å²) >= 11 is 0. The standard InChI is InChI=1S/C25H17N7O3/c33-21(15-35-20-10-4-8-17-9-5-12-26-22(17)20)30-31-13-11-19-23(25(31)34)28-29-24-18(14-27-32(19)24)16-6-2-1-3-7-16/h1-14H,15H2,(H,30,33). The van der Waals surface area contributed by atoms with Gasteiger partial charge in [0.1, 0.15) is 16.8 Å². The van der Waals surface area contributed by atoms with E-state index in [0.717, 1.165) is 21.2 Å². The zero-order valence-electron chi connectivity index (χ0n) is 18.2. The van der Waals surface area contributed by atoms with Crippen molar-refractivity contribution in [2.75, 3.05) is 12.0 Å². The molecule has 6 aromatic rings. The summed E-state index contributed by atoms with van der Waals surface area (Å²) in [6, 6.07) is 20.5. The Hall–Kier alpha value is -5.12. The van der Waals surface area contributed by atoms with Gasteiger partial charge in [-0.25, -0.2) is 9.19 Å². The number of ether oxygens (including phenoxy) is 1. The van der Waals surface area contributed by atoms with Crippen molar-refractivity contribution in [3.63, 3.8) is 0 Å². The summed E-state index contributed by atoms with van der Waals surface area (Å²) in [5.74, 6) is -0.0378. The third kappa shape index (κ3) is 3.62. The summed E-state index contributed by atoms with van der Waals surface area (Å²) in [7, 11) is 0. The van der Waals surface area contributed by atoms with E-state index in [-0.39, 0.29) is 12.1 Å². The third-order valence-corrected chi connectivity index (χ3v) is 5.55. The molecule has 0 atom stereocenters. The van der Waals surface area contributed by atoms with Crippen LogP contribution in [-0.4, -0.2) is 42.0 Å².